The lowest BCUT2D eigenvalue weighted by atomic mass is 9.96. The Morgan fingerprint density at radius 1 is 1.19 bits per heavy atom. The van der Waals surface area contributed by atoms with Crippen LogP contribution in [-0.2, 0) is 0 Å². The van der Waals surface area contributed by atoms with E-state index >= 15 is 0 Å². The summed E-state index contributed by atoms with van der Waals surface area (Å²) in [4.78, 5) is 1.44. The molecule has 4 heteroatoms. The van der Waals surface area contributed by atoms with Crippen molar-refractivity contribution in [2.75, 3.05) is 5.32 Å². The number of fused-ring (bicyclic) bond motifs is 1. The first-order valence-electron chi connectivity index (χ1n) is 7.64. The largest absolute Gasteiger partial charge is 0.375 e. The zero-order valence-corrected chi connectivity index (χ0v) is 12.7. The van der Waals surface area contributed by atoms with E-state index < -0.39 is 0 Å². The third kappa shape index (κ3) is 2.44. The molecular weight excluding hydrogens is 278 g/mol. The summed E-state index contributed by atoms with van der Waals surface area (Å²) < 4.78 is 0. The number of aromatic amines is 1. The number of thiophene rings is 1. The van der Waals surface area contributed by atoms with Gasteiger partial charge in [-0.25, -0.2) is 0 Å². The fourth-order valence-electron chi connectivity index (χ4n) is 3.44. The number of nitrogens with zero attached hydrogens (tertiary/aromatic N) is 1. The predicted molar refractivity (Wildman–Crippen MR) is 88.7 cm³/mol. The lowest BCUT2D eigenvalue weighted by Crippen LogP contribution is -2.18. The lowest BCUT2D eigenvalue weighted by Gasteiger charge is -2.25. The summed E-state index contributed by atoms with van der Waals surface area (Å²) in [6, 6.07) is 11.2. The van der Waals surface area contributed by atoms with Gasteiger partial charge in [0, 0.05) is 10.3 Å². The molecule has 108 valence electrons. The van der Waals surface area contributed by atoms with E-state index in [-0.39, 0.29) is 0 Å². The highest BCUT2D eigenvalue weighted by Gasteiger charge is 2.27. The molecule has 1 fully saturated rings. The number of para-hydroxylation sites is 1. The van der Waals surface area contributed by atoms with Gasteiger partial charge >= 0.3 is 0 Å². The first kappa shape index (κ1) is 12.9. The zero-order valence-electron chi connectivity index (χ0n) is 11.9. The maximum atomic E-state index is 4.17. The lowest BCUT2D eigenvalue weighted by molar-refractivity contribution is 0.476. The number of benzene rings is 1. The number of rotatable bonds is 4. The maximum Gasteiger partial charge on any atom is 0.0881 e. The van der Waals surface area contributed by atoms with Crippen LogP contribution in [0.15, 0.2) is 41.9 Å². The molecule has 0 bridgehead atoms. The highest BCUT2D eigenvalue weighted by Crippen LogP contribution is 2.40. The quantitative estimate of drug-likeness (QED) is 0.714. The monoisotopic (exact) mass is 297 g/mol. The molecule has 0 amide bonds. The van der Waals surface area contributed by atoms with Gasteiger partial charge in [0.05, 0.1) is 23.4 Å². The van der Waals surface area contributed by atoms with Crippen LogP contribution in [0.3, 0.4) is 0 Å². The smallest absolute Gasteiger partial charge is 0.0881 e. The van der Waals surface area contributed by atoms with Crippen LogP contribution in [0.2, 0.25) is 0 Å². The minimum absolute atomic E-state index is 0.418. The molecule has 1 aliphatic rings. The van der Waals surface area contributed by atoms with Crippen LogP contribution in [0.25, 0.3) is 10.9 Å². The number of aromatic nitrogens is 2. The summed E-state index contributed by atoms with van der Waals surface area (Å²) in [6.45, 7) is 0. The summed E-state index contributed by atoms with van der Waals surface area (Å²) in [5.41, 5.74) is 2.27. The van der Waals surface area contributed by atoms with E-state index in [4.69, 9.17) is 0 Å². The van der Waals surface area contributed by atoms with Gasteiger partial charge in [-0.2, -0.15) is 5.10 Å². The third-order valence-electron chi connectivity index (χ3n) is 4.51. The van der Waals surface area contributed by atoms with Crippen molar-refractivity contribution in [3.05, 3.63) is 46.8 Å². The van der Waals surface area contributed by atoms with Crippen molar-refractivity contribution in [1.29, 1.82) is 0 Å². The van der Waals surface area contributed by atoms with Crippen molar-refractivity contribution in [3.63, 3.8) is 0 Å². The van der Waals surface area contributed by atoms with Crippen LogP contribution in [0.5, 0.6) is 0 Å². The summed E-state index contributed by atoms with van der Waals surface area (Å²) in [6.07, 6.45) is 7.27. The van der Waals surface area contributed by atoms with Crippen LogP contribution in [0, 0.1) is 5.92 Å². The van der Waals surface area contributed by atoms with Crippen LogP contribution in [-0.4, -0.2) is 10.2 Å². The van der Waals surface area contributed by atoms with E-state index in [1.54, 1.807) is 0 Å². The Labute approximate surface area is 128 Å². The normalized spacial score (nSPS) is 17.3. The topological polar surface area (TPSA) is 40.7 Å². The van der Waals surface area contributed by atoms with E-state index in [1.165, 1.54) is 30.6 Å². The average molecular weight is 297 g/mol. The molecule has 4 rings (SSSR count). The average Bonchev–Trinajstić information content (AvgIpc) is 3.24. The van der Waals surface area contributed by atoms with Gasteiger partial charge in [0.15, 0.2) is 0 Å². The number of anilines is 1. The summed E-state index contributed by atoms with van der Waals surface area (Å²) in [5.74, 6) is 0.738. The molecule has 0 spiro atoms. The fourth-order valence-corrected chi connectivity index (χ4v) is 4.31. The van der Waals surface area contributed by atoms with Gasteiger partial charge in [-0.1, -0.05) is 31.0 Å². The fraction of sp³-hybridized carbons (Fsp3) is 0.353. The molecule has 2 aromatic heterocycles. The first-order chi connectivity index (χ1) is 10.4. The molecule has 0 radical (unpaired) electrons. The van der Waals surface area contributed by atoms with Crippen molar-refractivity contribution in [2.24, 2.45) is 5.92 Å². The Bertz CT molecular complexity index is 711. The van der Waals surface area contributed by atoms with Gasteiger partial charge < -0.3 is 5.32 Å². The number of H-pyrrole nitrogens is 1. The Hall–Kier alpha value is -1.81. The van der Waals surface area contributed by atoms with Crippen molar-refractivity contribution >= 4 is 27.9 Å². The van der Waals surface area contributed by atoms with E-state index in [9.17, 15) is 0 Å². The Morgan fingerprint density at radius 3 is 2.90 bits per heavy atom. The first-order valence-corrected chi connectivity index (χ1v) is 8.52. The standard InChI is InChI=1S/C17H19N3S/c1-2-6-12(5-1)17(15-9-4-10-21-15)19-14-8-3-7-13-11-18-20-16(13)14/h3-4,7-12,17,19H,1-2,5-6H2,(H,18,20). The van der Waals surface area contributed by atoms with Gasteiger partial charge in [-0.05, 0) is 36.3 Å². The second kappa shape index (κ2) is 5.53. The van der Waals surface area contributed by atoms with Crippen molar-refractivity contribution in [1.82, 2.24) is 10.2 Å². The molecule has 0 aliphatic heterocycles. The minimum Gasteiger partial charge on any atom is -0.375 e. The molecule has 2 heterocycles. The number of nitrogens with one attached hydrogen (secondary N) is 2. The van der Waals surface area contributed by atoms with Gasteiger partial charge in [-0.15, -0.1) is 11.3 Å². The molecule has 1 unspecified atom stereocenters. The Morgan fingerprint density at radius 2 is 2.10 bits per heavy atom. The van der Waals surface area contributed by atoms with Crippen molar-refractivity contribution in [2.45, 2.75) is 31.7 Å². The molecule has 1 atom stereocenters. The molecule has 1 aromatic carbocycles. The summed E-state index contributed by atoms with van der Waals surface area (Å²) in [5, 5.41) is 14.4. The van der Waals surface area contributed by atoms with E-state index in [1.807, 2.05) is 17.5 Å². The SMILES string of the molecule is c1csc(C(Nc2cccc3cn[nH]c23)C2CCCC2)c1. The second-order valence-corrected chi connectivity index (χ2v) is 6.80. The molecule has 2 N–H and O–H groups in total. The molecule has 1 aliphatic carbocycles. The Balaban J connectivity index is 1.69. The highest BCUT2D eigenvalue weighted by molar-refractivity contribution is 7.10. The van der Waals surface area contributed by atoms with Crippen molar-refractivity contribution < 1.29 is 0 Å². The molecule has 1 saturated carbocycles. The van der Waals surface area contributed by atoms with Gasteiger partial charge in [0.25, 0.3) is 0 Å². The molecular formula is C17H19N3S. The summed E-state index contributed by atoms with van der Waals surface area (Å²) >= 11 is 1.86. The van der Waals surface area contributed by atoms with Gasteiger partial charge in [0.2, 0.25) is 0 Å². The van der Waals surface area contributed by atoms with Crippen LogP contribution < -0.4 is 5.32 Å². The second-order valence-electron chi connectivity index (χ2n) is 5.82. The van der Waals surface area contributed by atoms with E-state index in [2.05, 4.69) is 51.2 Å². The summed E-state index contributed by atoms with van der Waals surface area (Å²) in [7, 11) is 0. The van der Waals surface area contributed by atoms with Crippen LogP contribution >= 0.6 is 11.3 Å². The minimum atomic E-state index is 0.418. The number of hydrogen-bond donors (Lipinski definition) is 2. The maximum absolute atomic E-state index is 4.17. The predicted octanol–water partition coefficient (Wildman–Crippen LogP) is 4.97. The highest BCUT2D eigenvalue weighted by atomic mass is 32.1. The van der Waals surface area contributed by atoms with Crippen molar-refractivity contribution in [3.8, 4) is 0 Å². The van der Waals surface area contributed by atoms with E-state index in [0.717, 1.165) is 22.5 Å². The van der Waals surface area contributed by atoms with Gasteiger partial charge in [0.1, 0.15) is 0 Å². The Kier molecular flexibility index (Phi) is 3.39. The molecule has 3 nitrogen and oxygen atoms in total. The van der Waals surface area contributed by atoms with E-state index in [0.29, 0.717) is 6.04 Å². The molecule has 21 heavy (non-hydrogen) atoms. The molecule has 0 saturated heterocycles. The number of hydrogen-bond acceptors (Lipinski definition) is 3. The third-order valence-corrected chi connectivity index (χ3v) is 5.46. The van der Waals surface area contributed by atoms with Crippen LogP contribution in [0.4, 0.5) is 5.69 Å². The molecule has 3 aromatic rings. The van der Waals surface area contributed by atoms with Crippen LogP contribution in [0.1, 0.15) is 36.6 Å². The zero-order chi connectivity index (χ0) is 14.1. The van der Waals surface area contributed by atoms with Gasteiger partial charge in [-0.3, -0.25) is 5.10 Å².